The van der Waals surface area contributed by atoms with Gasteiger partial charge in [0.05, 0.1) is 0 Å². The Labute approximate surface area is 151 Å². The molecule has 0 unspecified atom stereocenters. The molecule has 0 saturated carbocycles. The Morgan fingerprint density at radius 2 is 1.92 bits per heavy atom. The lowest BCUT2D eigenvalue weighted by Crippen LogP contribution is -2.48. The van der Waals surface area contributed by atoms with Crippen LogP contribution in [0.4, 0.5) is 0 Å². The summed E-state index contributed by atoms with van der Waals surface area (Å²) in [5, 5.41) is 4.26. The summed E-state index contributed by atoms with van der Waals surface area (Å²) in [7, 11) is 2.05. The van der Waals surface area contributed by atoms with Crippen molar-refractivity contribution in [1.29, 1.82) is 0 Å². The van der Waals surface area contributed by atoms with E-state index in [2.05, 4.69) is 17.0 Å². The van der Waals surface area contributed by atoms with Crippen LogP contribution in [-0.2, 0) is 17.9 Å². The minimum Gasteiger partial charge on any atom is -0.484 e. The third-order valence-electron chi connectivity index (χ3n) is 4.17. The summed E-state index contributed by atoms with van der Waals surface area (Å²) in [6.45, 7) is 5.49. The fraction of sp³-hybridized carbons (Fsp3) is 0.471. The number of nitrogens with zero attached hydrogens (tertiary/aromatic N) is 4. The van der Waals surface area contributed by atoms with Crippen LogP contribution in [0.1, 0.15) is 11.5 Å². The van der Waals surface area contributed by atoms with Crippen LogP contribution in [-0.4, -0.2) is 58.7 Å². The van der Waals surface area contributed by atoms with Gasteiger partial charge in [0.1, 0.15) is 12.3 Å². The zero-order chi connectivity index (χ0) is 17.8. The van der Waals surface area contributed by atoms with Gasteiger partial charge in [-0.05, 0) is 38.3 Å². The monoisotopic (exact) mass is 362 g/mol. The average molecular weight is 362 g/mol. The molecule has 0 N–H and O–H groups in total. The van der Waals surface area contributed by atoms with Gasteiger partial charge in [-0.1, -0.05) is 17.7 Å². The van der Waals surface area contributed by atoms with Gasteiger partial charge in [-0.2, -0.15) is 0 Å². The first-order valence-electron chi connectivity index (χ1n) is 8.24. The number of benzene rings is 1. The van der Waals surface area contributed by atoms with E-state index >= 15 is 0 Å². The minimum atomic E-state index is 0.00324. The van der Waals surface area contributed by atoms with E-state index in [4.69, 9.17) is 21.4 Å². The van der Waals surface area contributed by atoms with Crippen LogP contribution >= 0.6 is 12.2 Å². The normalized spacial score (nSPS) is 15.4. The highest BCUT2D eigenvalue weighted by Crippen LogP contribution is 2.13. The molecule has 1 fully saturated rings. The molecule has 0 aliphatic carbocycles. The predicted octanol–water partition coefficient (Wildman–Crippen LogP) is 1.87. The fourth-order valence-corrected chi connectivity index (χ4v) is 2.77. The lowest BCUT2D eigenvalue weighted by molar-refractivity contribution is -0.133. The first-order valence-corrected chi connectivity index (χ1v) is 8.65. The van der Waals surface area contributed by atoms with E-state index in [1.807, 2.05) is 36.1 Å². The van der Waals surface area contributed by atoms with E-state index in [9.17, 15) is 4.79 Å². The van der Waals surface area contributed by atoms with Crippen molar-refractivity contribution in [1.82, 2.24) is 19.6 Å². The maximum Gasteiger partial charge on any atom is 0.287 e. The van der Waals surface area contributed by atoms with Gasteiger partial charge in [-0.15, -0.1) is 5.10 Å². The number of ether oxygens (including phenoxy) is 1. The van der Waals surface area contributed by atoms with Crippen LogP contribution < -0.4 is 4.74 Å². The number of carbonyl (C=O) groups excluding carboxylic acids is 1. The molecule has 134 valence electrons. The minimum absolute atomic E-state index is 0.00324. The van der Waals surface area contributed by atoms with E-state index in [1.54, 1.807) is 0 Å². The largest absolute Gasteiger partial charge is 0.484 e. The summed E-state index contributed by atoms with van der Waals surface area (Å²) in [4.78, 5) is 16.6. The lowest BCUT2D eigenvalue weighted by Gasteiger charge is -2.32. The van der Waals surface area contributed by atoms with Gasteiger partial charge in [0, 0.05) is 26.2 Å². The van der Waals surface area contributed by atoms with Crippen molar-refractivity contribution < 1.29 is 13.9 Å². The van der Waals surface area contributed by atoms with E-state index in [1.165, 1.54) is 4.68 Å². The van der Waals surface area contributed by atoms with E-state index in [-0.39, 0.29) is 23.9 Å². The van der Waals surface area contributed by atoms with Crippen LogP contribution in [0, 0.1) is 11.8 Å². The van der Waals surface area contributed by atoms with Crippen LogP contribution in [0.3, 0.4) is 0 Å². The van der Waals surface area contributed by atoms with Crippen molar-refractivity contribution in [2.75, 3.05) is 33.2 Å². The number of likely N-dealkylation sites (N-methyl/N-ethyl adjacent to an activating group) is 1. The Morgan fingerprint density at radius 1 is 1.24 bits per heavy atom. The Hall–Kier alpha value is -2.19. The van der Waals surface area contributed by atoms with Crippen molar-refractivity contribution in [2.45, 2.75) is 20.1 Å². The molecule has 1 aliphatic rings. The highest BCUT2D eigenvalue weighted by molar-refractivity contribution is 7.71. The van der Waals surface area contributed by atoms with Gasteiger partial charge in [-0.25, -0.2) is 4.68 Å². The molecule has 7 nitrogen and oxygen atoms in total. The molecule has 1 aromatic heterocycles. The van der Waals surface area contributed by atoms with Crippen molar-refractivity contribution in [3.63, 3.8) is 0 Å². The second-order valence-electron chi connectivity index (χ2n) is 6.21. The van der Waals surface area contributed by atoms with Gasteiger partial charge in [0.2, 0.25) is 5.91 Å². The van der Waals surface area contributed by atoms with Gasteiger partial charge < -0.3 is 19.0 Å². The number of hydrogen-bond acceptors (Lipinski definition) is 6. The van der Waals surface area contributed by atoms with Gasteiger partial charge in [-0.3, -0.25) is 4.79 Å². The smallest absolute Gasteiger partial charge is 0.287 e. The fourth-order valence-electron chi connectivity index (χ4n) is 2.57. The summed E-state index contributed by atoms with van der Waals surface area (Å²) >= 11 is 5.16. The SMILES string of the molecule is Cc1ccc(OCc2nn(CC(=O)N3CCN(C)CC3)c(=S)o2)cc1. The molecular formula is C17H22N4O3S. The number of piperazine rings is 1. The topological polar surface area (TPSA) is 63.7 Å². The molecule has 1 amide bonds. The van der Waals surface area contributed by atoms with Crippen molar-refractivity contribution in [3.05, 3.63) is 40.6 Å². The molecule has 1 saturated heterocycles. The Kier molecular flexibility index (Phi) is 5.50. The maximum absolute atomic E-state index is 12.4. The summed E-state index contributed by atoms with van der Waals surface area (Å²) in [6.07, 6.45) is 0. The summed E-state index contributed by atoms with van der Waals surface area (Å²) < 4.78 is 12.5. The molecule has 0 radical (unpaired) electrons. The van der Waals surface area contributed by atoms with E-state index < -0.39 is 0 Å². The molecule has 0 spiro atoms. The molecular weight excluding hydrogens is 340 g/mol. The zero-order valence-electron chi connectivity index (χ0n) is 14.5. The molecule has 8 heteroatoms. The lowest BCUT2D eigenvalue weighted by atomic mass is 10.2. The number of hydrogen-bond donors (Lipinski definition) is 0. The first-order chi connectivity index (χ1) is 12.0. The highest BCUT2D eigenvalue weighted by atomic mass is 32.1. The van der Waals surface area contributed by atoms with Gasteiger partial charge in [0.15, 0.2) is 6.61 Å². The van der Waals surface area contributed by atoms with Crippen molar-refractivity contribution in [2.24, 2.45) is 0 Å². The molecule has 1 aliphatic heterocycles. The van der Waals surface area contributed by atoms with Crippen LogP contribution in [0.25, 0.3) is 0 Å². The number of aryl methyl sites for hydroxylation is 1. The molecule has 2 heterocycles. The third-order valence-corrected chi connectivity index (χ3v) is 4.47. The molecule has 0 atom stereocenters. The summed E-state index contributed by atoms with van der Waals surface area (Å²) in [5.74, 6) is 1.09. The second kappa shape index (κ2) is 7.79. The number of rotatable bonds is 5. The molecule has 2 aromatic rings. The van der Waals surface area contributed by atoms with Crippen LogP contribution in [0.5, 0.6) is 5.75 Å². The number of carbonyl (C=O) groups is 1. The Balaban J connectivity index is 1.57. The first kappa shape index (κ1) is 17.6. The highest BCUT2D eigenvalue weighted by Gasteiger charge is 2.20. The quantitative estimate of drug-likeness (QED) is 0.757. The average Bonchev–Trinajstić information content (AvgIpc) is 2.94. The Bertz CT molecular complexity index is 776. The third kappa shape index (κ3) is 4.67. The number of aromatic nitrogens is 2. The van der Waals surface area contributed by atoms with Crippen LogP contribution in [0.2, 0.25) is 0 Å². The second-order valence-corrected chi connectivity index (χ2v) is 6.55. The maximum atomic E-state index is 12.4. The van der Waals surface area contributed by atoms with E-state index in [0.29, 0.717) is 5.89 Å². The zero-order valence-corrected chi connectivity index (χ0v) is 15.3. The van der Waals surface area contributed by atoms with Crippen molar-refractivity contribution in [3.8, 4) is 5.75 Å². The molecule has 3 rings (SSSR count). The van der Waals surface area contributed by atoms with Crippen molar-refractivity contribution >= 4 is 18.1 Å². The number of amides is 1. The molecule has 25 heavy (non-hydrogen) atoms. The molecule has 0 bridgehead atoms. The standard InChI is InChI=1S/C17H22N4O3S/c1-13-3-5-14(6-4-13)23-12-15-18-21(17(25)24-15)11-16(22)20-9-7-19(2)8-10-20/h3-6H,7-12H2,1-2H3. The predicted molar refractivity (Wildman–Crippen MR) is 94.9 cm³/mol. The van der Waals surface area contributed by atoms with Gasteiger partial charge >= 0.3 is 0 Å². The van der Waals surface area contributed by atoms with Crippen LogP contribution in [0.15, 0.2) is 28.7 Å². The summed E-state index contributed by atoms with van der Waals surface area (Å²) in [5.41, 5.74) is 1.16. The molecule has 1 aromatic carbocycles. The van der Waals surface area contributed by atoms with E-state index in [0.717, 1.165) is 37.5 Å². The Morgan fingerprint density at radius 3 is 2.60 bits per heavy atom. The summed E-state index contributed by atoms with van der Waals surface area (Å²) in [6, 6.07) is 7.71. The van der Waals surface area contributed by atoms with Gasteiger partial charge in [0.25, 0.3) is 10.7 Å².